The van der Waals surface area contributed by atoms with Crippen LogP contribution in [0.2, 0.25) is 0 Å². The lowest BCUT2D eigenvalue weighted by Gasteiger charge is -2.57. The van der Waals surface area contributed by atoms with E-state index in [1.165, 1.54) is 82.6 Å². The van der Waals surface area contributed by atoms with Crippen molar-refractivity contribution in [3.63, 3.8) is 0 Å². The van der Waals surface area contributed by atoms with Crippen molar-refractivity contribution in [1.82, 2.24) is 19.5 Å². The number of nitrogens with zero attached hydrogens (tertiary/aromatic N) is 4. The summed E-state index contributed by atoms with van der Waals surface area (Å²) in [4.78, 5) is 15.9. The van der Waals surface area contributed by atoms with E-state index in [1.54, 1.807) is 0 Å². The Bertz CT molecular complexity index is 2830. The van der Waals surface area contributed by atoms with Crippen LogP contribution in [0.1, 0.15) is 69.1 Å². The fraction of sp³-hybridized carbons (Fsp3) is 0.250. The molecule has 0 atom stereocenters. The highest BCUT2D eigenvalue weighted by Gasteiger charge is 2.51. The van der Waals surface area contributed by atoms with E-state index in [4.69, 9.17) is 15.0 Å². The van der Waals surface area contributed by atoms with Crippen LogP contribution in [0.4, 0.5) is 0 Å². The molecule has 4 fully saturated rings. The normalized spacial score (nSPS) is 22.8. The van der Waals surface area contributed by atoms with Gasteiger partial charge in [-0.25, -0.2) is 15.0 Å². The molecule has 4 nitrogen and oxygen atoms in total. The van der Waals surface area contributed by atoms with Crippen LogP contribution in [0.15, 0.2) is 140 Å². The SMILES string of the molecule is CC1(C)c2ccccc2-c2ccc(-c3nc(-c4ccc(C56CC7CC(CC(C7)C5)C6)cc4)nc(-c4ccc5c6ccccc6n(-c6ccccc6)c5c4)n3)cc21. The predicted molar refractivity (Wildman–Crippen MR) is 228 cm³/mol. The van der Waals surface area contributed by atoms with Gasteiger partial charge in [-0.05, 0) is 120 Å². The molecule has 6 aromatic carbocycles. The molecule has 5 aliphatic carbocycles. The van der Waals surface area contributed by atoms with E-state index < -0.39 is 0 Å². The molecule has 272 valence electrons. The third kappa shape index (κ3) is 4.81. The molecule has 0 saturated heterocycles. The topological polar surface area (TPSA) is 43.6 Å². The van der Waals surface area contributed by atoms with E-state index in [0.717, 1.165) is 45.6 Å². The second kappa shape index (κ2) is 11.8. The largest absolute Gasteiger partial charge is 0.309 e. The van der Waals surface area contributed by atoms with Crippen molar-refractivity contribution < 1.29 is 0 Å². The molecule has 5 aliphatic rings. The van der Waals surface area contributed by atoms with Gasteiger partial charge >= 0.3 is 0 Å². The summed E-state index contributed by atoms with van der Waals surface area (Å²) in [5.41, 5.74) is 13.5. The first kappa shape index (κ1) is 32.4. The van der Waals surface area contributed by atoms with Crippen LogP contribution in [-0.4, -0.2) is 19.5 Å². The van der Waals surface area contributed by atoms with Gasteiger partial charge in [0, 0.05) is 38.6 Å². The van der Waals surface area contributed by atoms with Gasteiger partial charge in [-0.15, -0.1) is 0 Å². The summed E-state index contributed by atoms with van der Waals surface area (Å²) in [6.45, 7) is 4.66. The van der Waals surface area contributed by atoms with Gasteiger partial charge in [0.25, 0.3) is 0 Å². The maximum atomic E-state index is 5.30. The van der Waals surface area contributed by atoms with Crippen LogP contribution >= 0.6 is 0 Å². The number of aromatic nitrogens is 4. The monoisotopic (exact) mass is 724 g/mol. The fourth-order valence-electron chi connectivity index (χ4n) is 12.0. The molecule has 0 radical (unpaired) electrons. The zero-order chi connectivity index (χ0) is 37.2. The van der Waals surface area contributed by atoms with Gasteiger partial charge in [0.05, 0.1) is 11.0 Å². The summed E-state index contributed by atoms with van der Waals surface area (Å²) >= 11 is 0. The predicted octanol–water partition coefficient (Wildman–Crippen LogP) is 12.7. The number of hydrogen-bond acceptors (Lipinski definition) is 3. The average Bonchev–Trinajstić information content (AvgIpc) is 3.68. The molecule has 0 N–H and O–H groups in total. The number of para-hydroxylation sites is 2. The second-order valence-corrected chi connectivity index (χ2v) is 17.9. The maximum absolute atomic E-state index is 5.30. The Morgan fingerprint density at radius 3 is 1.77 bits per heavy atom. The van der Waals surface area contributed by atoms with E-state index in [2.05, 4.69) is 158 Å². The third-order valence-electron chi connectivity index (χ3n) is 14.2. The molecule has 2 aromatic heterocycles. The Labute approximate surface area is 328 Å². The summed E-state index contributed by atoms with van der Waals surface area (Å²) in [6, 6.07) is 51.0. The van der Waals surface area contributed by atoms with Crippen molar-refractivity contribution >= 4 is 21.8 Å². The average molecular weight is 725 g/mol. The molecule has 2 heterocycles. The van der Waals surface area contributed by atoms with E-state index in [9.17, 15) is 0 Å². The number of fused-ring (bicyclic) bond motifs is 6. The number of rotatable bonds is 5. The van der Waals surface area contributed by atoms with Crippen LogP contribution in [0.25, 0.3) is 72.8 Å². The zero-order valence-corrected chi connectivity index (χ0v) is 32.0. The van der Waals surface area contributed by atoms with Crippen molar-refractivity contribution in [3.8, 4) is 51.0 Å². The summed E-state index contributed by atoms with van der Waals surface area (Å²) in [5, 5.41) is 2.44. The summed E-state index contributed by atoms with van der Waals surface area (Å²) in [7, 11) is 0. The van der Waals surface area contributed by atoms with Crippen molar-refractivity contribution in [2.24, 2.45) is 17.8 Å². The Kier molecular flexibility index (Phi) is 6.83. The molecule has 4 saturated carbocycles. The van der Waals surface area contributed by atoms with Crippen LogP contribution in [-0.2, 0) is 10.8 Å². The van der Waals surface area contributed by atoms with Crippen molar-refractivity contribution in [3.05, 3.63) is 156 Å². The molecule has 0 unspecified atom stereocenters. The summed E-state index contributed by atoms with van der Waals surface area (Å²) in [6.07, 6.45) is 8.45. The number of hydrogen-bond donors (Lipinski definition) is 0. The van der Waals surface area contributed by atoms with E-state index in [1.807, 2.05) is 0 Å². The Morgan fingerprint density at radius 1 is 0.482 bits per heavy atom. The first-order valence-electron chi connectivity index (χ1n) is 20.6. The Morgan fingerprint density at radius 2 is 1.04 bits per heavy atom. The number of benzene rings is 6. The highest BCUT2D eigenvalue weighted by molar-refractivity contribution is 6.10. The zero-order valence-electron chi connectivity index (χ0n) is 32.0. The van der Waals surface area contributed by atoms with Crippen LogP contribution in [0.5, 0.6) is 0 Å². The maximum Gasteiger partial charge on any atom is 0.164 e. The standard InChI is InChI=1S/C52H44N4/c1-51(2)44-14-8-6-12-40(44)41-22-18-36(27-45(41)51)49-53-48(35-16-20-38(21-17-35)52-29-32-24-33(30-52)26-34(25-32)31-52)54-50(55-49)37-19-23-43-42-13-7-9-15-46(42)56(47(43)28-37)39-10-4-3-5-11-39/h3-23,27-28,32-34H,24-26,29-31H2,1-2H3. The van der Waals surface area contributed by atoms with Gasteiger partial charge < -0.3 is 4.57 Å². The summed E-state index contributed by atoms with van der Waals surface area (Å²) in [5.74, 6) is 4.85. The lowest BCUT2D eigenvalue weighted by molar-refractivity contribution is -0.00518. The lowest BCUT2D eigenvalue weighted by Crippen LogP contribution is -2.48. The molecule has 0 spiro atoms. The van der Waals surface area contributed by atoms with Gasteiger partial charge in [0.2, 0.25) is 0 Å². The molecule has 13 rings (SSSR count). The minimum Gasteiger partial charge on any atom is -0.309 e. The van der Waals surface area contributed by atoms with Gasteiger partial charge in [-0.2, -0.15) is 0 Å². The van der Waals surface area contributed by atoms with Crippen LogP contribution < -0.4 is 0 Å². The Hall–Kier alpha value is -5.87. The molecule has 0 aliphatic heterocycles. The Balaban J connectivity index is 1.02. The van der Waals surface area contributed by atoms with E-state index in [0.29, 0.717) is 22.9 Å². The van der Waals surface area contributed by atoms with E-state index >= 15 is 0 Å². The quantitative estimate of drug-likeness (QED) is 0.177. The minimum absolute atomic E-state index is 0.121. The fourth-order valence-corrected chi connectivity index (χ4v) is 12.0. The third-order valence-corrected chi connectivity index (χ3v) is 14.2. The van der Waals surface area contributed by atoms with Gasteiger partial charge in [-0.1, -0.05) is 123 Å². The molecule has 4 bridgehead atoms. The van der Waals surface area contributed by atoms with Crippen LogP contribution in [0.3, 0.4) is 0 Å². The minimum atomic E-state index is -0.121. The first-order valence-corrected chi connectivity index (χ1v) is 20.6. The summed E-state index contributed by atoms with van der Waals surface area (Å²) < 4.78 is 2.36. The molecule has 56 heavy (non-hydrogen) atoms. The first-order chi connectivity index (χ1) is 27.4. The molecular formula is C52H44N4. The van der Waals surface area contributed by atoms with Gasteiger partial charge in [0.1, 0.15) is 0 Å². The van der Waals surface area contributed by atoms with Crippen molar-refractivity contribution in [2.75, 3.05) is 0 Å². The van der Waals surface area contributed by atoms with Gasteiger partial charge in [0.15, 0.2) is 17.5 Å². The molecular weight excluding hydrogens is 681 g/mol. The molecule has 8 aromatic rings. The highest BCUT2D eigenvalue weighted by Crippen LogP contribution is 2.61. The highest BCUT2D eigenvalue weighted by atomic mass is 15.0. The van der Waals surface area contributed by atoms with Crippen LogP contribution in [0, 0.1) is 17.8 Å². The van der Waals surface area contributed by atoms with Gasteiger partial charge in [-0.3, -0.25) is 0 Å². The molecule has 4 heteroatoms. The van der Waals surface area contributed by atoms with Crippen molar-refractivity contribution in [1.29, 1.82) is 0 Å². The second-order valence-electron chi connectivity index (χ2n) is 17.9. The molecule has 0 amide bonds. The van der Waals surface area contributed by atoms with E-state index in [-0.39, 0.29) is 5.41 Å². The van der Waals surface area contributed by atoms with Crippen molar-refractivity contribution in [2.45, 2.75) is 63.2 Å². The lowest BCUT2D eigenvalue weighted by atomic mass is 9.48. The smallest absolute Gasteiger partial charge is 0.164 e.